The van der Waals surface area contributed by atoms with Gasteiger partial charge in [0, 0.05) is 18.5 Å². The van der Waals surface area contributed by atoms with E-state index in [9.17, 15) is 0 Å². The molecule has 19 heavy (non-hydrogen) atoms. The Kier molecular flexibility index (Phi) is 4.12. The molecule has 0 aliphatic carbocycles. The van der Waals surface area contributed by atoms with Crippen molar-refractivity contribution >= 4 is 46.9 Å². The van der Waals surface area contributed by atoms with E-state index in [2.05, 4.69) is 23.8 Å². The summed E-state index contributed by atoms with van der Waals surface area (Å²) in [4.78, 5) is 14.0. The van der Waals surface area contributed by atoms with E-state index < -0.39 is 0 Å². The molecule has 3 rings (SSSR count). The van der Waals surface area contributed by atoms with Crippen molar-refractivity contribution in [1.29, 1.82) is 0 Å². The highest BCUT2D eigenvalue weighted by molar-refractivity contribution is 8.18. The molecular weight excluding hydrogens is 297 g/mol. The molecule has 0 amide bonds. The molecule has 0 spiro atoms. The lowest BCUT2D eigenvalue weighted by Crippen LogP contribution is -2.18. The number of thiazole rings is 1. The monoisotopic (exact) mass is 311 g/mol. The van der Waals surface area contributed by atoms with Crippen LogP contribution in [0.15, 0.2) is 6.33 Å². The van der Waals surface area contributed by atoms with E-state index in [0.29, 0.717) is 5.25 Å². The van der Waals surface area contributed by atoms with E-state index in [-0.39, 0.29) is 0 Å². The Morgan fingerprint density at radius 2 is 2.21 bits per heavy atom. The number of aromatic nitrogens is 3. The van der Waals surface area contributed by atoms with Gasteiger partial charge in [0.15, 0.2) is 0 Å². The van der Waals surface area contributed by atoms with Crippen molar-refractivity contribution in [3.63, 3.8) is 0 Å². The van der Waals surface area contributed by atoms with Crippen molar-refractivity contribution in [2.45, 2.75) is 25.0 Å². The van der Waals surface area contributed by atoms with Crippen LogP contribution in [-0.4, -0.2) is 38.0 Å². The normalized spacial score (nSPS) is 16.9. The summed E-state index contributed by atoms with van der Waals surface area (Å²) in [5.74, 6) is 0. The topological polar surface area (TPSA) is 47.9 Å². The number of nitrogens with zero attached hydrogens (tertiary/aromatic N) is 3. The van der Waals surface area contributed by atoms with Crippen LogP contribution in [0.5, 0.6) is 0 Å². The van der Waals surface area contributed by atoms with Gasteiger partial charge in [0.05, 0.1) is 10.3 Å². The van der Waals surface area contributed by atoms with Crippen LogP contribution in [0.25, 0.3) is 10.3 Å². The Hall–Kier alpha value is -0.550. The van der Waals surface area contributed by atoms with Crippen molar-refractivity contribution in [3.8, 4) is 0 Å². The van der Waals surface area contributed by atoms with Gasteiger partial charge in [-0.2, -0.15) is 0 Å². The van der Waals surface area contributed by atoms with Gasteiger partial charge in [0.2, 0.25) is 0 Å². The summed E-state index contributed by atoms with van der Waals surface area (Å²) in [6.45, 7) is 3.69. The predicted molar refractivity (Wildman–Crippen MR) is 83.8 cm³/mol. The summed E-state index contributed by atoms with van der Waals surface area (Å²) in [5, 5.41) is 1.60. The van der Waals surface area contributed by atoms with E-state index >= 15 is 0 Å². The largest absolute Gasteiger partial charge is 0.381 e. The van der Waals surface area contributed by atoms with Gasteiger partial charge >= 0.3 is 0 Å². The van der Waals surface area contributed by atoms with Gasteiger partial charge in [-0.25, -0.2) is 15.0 Å². The molecule has 0 radical (unpaired) electrons. The first-order chi connectivity index (χ1) is 9.24. The second-order valence-corrected chi connectivity index (χ2v) is 7.54. The third kappa shape index (κ3) is 2.97. The highest BCUT2D eigenvalue weighted by Crippen LogP contribution is 2.30. The molecule has 2 aromatic rings. The second-order valence-electron chi connectivity index (χ2n) is 4.39. The molecule has 0 aromatic carbocycles. The maximum atomic E-state index is 5.38. The molecule has 7 heteroatoms. The molecule has 3 heterocycles. The van der Waals surface area contributed by atoms with Crippen LogP contribution in [0.3, 0.4) is 0 Å². The summed E-state index contributed by atoms with van der Waals surface area (Å²) in [7, 11) is 3.72. The number of ether oxygens (including phenoxy) is 1. The molecule has 1 saturated heterocycles. The van der Waals surface area contributed by atoms with Gasteiger partial charge in [0.1, 0.15) is 21.7 Å². The lowest BCUT2D eigenvalue weighted by molar-refractivity contribution is 0.100. The molecule has 0 saturated carbocycles. The van der Waals surface area contributed by atoms with E-state index in [1.807, 2.05) is 18.7 Å². The van der Waals surface area contributed by atoms with Crippen molar-refractivity contribution in [3.05, 3.63) is 17.0 Å². The number of fused-ring (bicyclic) bond motifs is 1. The zero-order chi connectivity index (χ0) is 13.2. The average molecular weight is 311 g/mol. The molecule has 0 N–H and O–H groups in total. The van der Waals surface area contributed by atoms with Crippen LogP contribution >= 0.6 is 32.0 Å². The maximum absolute atomic E-state index is 5.38. The van der Waals surface area contributed by atoms with Crippen molar-refractivity contribution in [2.75, 3.05) is 13.2 Å². The van der Waals surface area contributed by atoms with Crippen molar-refractivity contribution < 1.29 is 4.74 Å². The smallest absolute Gasteiger partial charge is 0.147 e. The summed E-state index contributed by atoms with van der Waals surface area (Å²) in [6, 6.07) is 0. The fourth-order valence-corrected chi connectivity index (χ4v) is 4.66. The first-order valence-corrected chi connectivity index (χ1v) is 8.35. The SMILES string of the molecule is Cc1ncnc2sc(C(=P)SC3CCOCC3)nc12. The van der Waals surface area contributed by atoms with Gasteiger partial charge in [-0.15, -0.1) is 20.6 Å². The third-order valence-electron chi connectivity index (χ3n) is 3.03. The molecule has 1 aliphatic heterocycles. The molecule has 1 aliphatic rings. The van der Waals surface area contributed by atoms with Gasteiger partial charge < -0.3 is 4.74 Å². The van der Waals surface area contributed by atoms with Crippen LogP contribution in [0.4, 0.5) is 0 Å². The minimum atomic E-state index is 0.612. The number of hydrogen-bond acceptors (Lipinski definition) is 6. The fourth-order valence-electron chi connectivity index (χ4n) is 1.97. The lowest BCUT2D eigenvalue weighted by atomic mass is 10.2. The quantitative estimate of drug-likeness (QED) is 0.816. The first-order valence-electron chi connectivity index (χ1n) is 6.15. The highest BCUT2D eigenvalue weighted by Gasteiger charge is 2.18. The van der Waals surface area contributed by atoms with Crippen LogP contribution in [0.1, 0.15) is 23.5 Å². The number of hydrogen-bond donors (Lipinski definition) is 0. The van der Waals surface area contributed by atoms with Crippen molar-refractivity contribution in [2.24, 2.45) is 0 Å². The summed E-state index contributed by atoms with van der Waals surface area (Å²) >= 11 is 3.45. The highest BCUT2D eigenvalue weighted by atomic mass is 32.2. The summed E-state index contributed by atoms with van der Waals surface area (Å²) in [5.41, 5.74) is 1.84. The molecule has 0 bridgehead atoms. The lowest BCUT2D eigenvalue weighted by Gasteiger charge is -2.21. The zero-order valence-corrected chi connectivity index (χ0v) is 13.2. The first kappa shape index (κ1) is 13.4. The van der Waals surface area contributed by atoms with E-state index in [0.717, 1.165) is 51.7 Å². The average Bonchev–Trinajstić information content (AvgIpc) is 2.85. The summed E-state index contributed by atoms with van der Waals surface area (Å²) < 4.78 is 6.47. The molecule has 0 atom stereocenters. The Morgan fingerprint density at radius 1 is 1.42 bits per heavy atom. The standard InChI is InChI=1S/C12H14N3OPS2/c1-7-9-10(14-6-13-7)19-11(15-9)12(17)18-8-2-4-16-5-3-8/h6,8,17H,2-5H2,1H3. The van der Waals surface area contributed by atoms with Gasteiger partial charge in [-0.05, 0) is 19.8 Å². The Labute approximate surface area is 122 Å². The predicted octanol–water partition coefficient (Wildman–Crippen LogP) is 2.93. The molecule has 0 unspecified atom stereocenters. The minimum Gasteiger partial charge on any atom is -0.381 e. The van der Waals surface area contributed by atoms with Gasteiger partial charge in [0.25, 0.3) is 0 Å². The molecule has 4 nitrogen and oxygen atoms in total. The second kappa shape index (κ2) is 5.83. The Bertz CT molecular complexity index is 610. The van der Waals surface area contributed by atoms with Gasteiger partial charge in [-0.3, -0.25) is 0 Å². The zero-order valence-electron chi connectivity index (χ0n) is 10.5. The Morgan fingerprint density at radius 3 is 2.95 bits per heavy atom. The fraction of sp³-hybridized carbons (Fsp3) is 0.500. The third-order valence-corrected chi connectivity index (χ3v) is 6.14. The van der Waals surface area contributed by atoms with Crippen molar-refractivity contribution in [1.82, 2.24) is 15.0 Å². The Balaban J connectivity index is 1.79. The number of thioether (sulfide) groups is 1. The number of rotatable bonds is 3. The molecule has 1 fully saturated rings. The minimum absolute atomic E-state index is 0.612. The molecule has 100 valence electrons. The van der Waals surface area contributed by atoms with Crippen LogP contribution in [0, 0.1) is 6.92 Å². The van der Waals surface area contributed by atoms with E-state index in [4.69, 9.17) is 4.74 Å². The molecular formula is C12H14N3OPS2. The summed E-state index contributed by atoms with van der Waals surface area (Å²) in [6.07, 6.45) is 3.79. The van der Waals surface area contributed by atoms with Gasteiger partial charge in [-0.1, -0.05) is 11.3 Å². The molecule has 2 aromatic heterocycles. The van der Waals surface area contributed by atoms with Crippen LogP contribution in [-0.2, 0) is 4.74 Å². The van der Waals surface area contributed by atoms with Crippen LogP contribution < -0.4 is 0 Å². The number of aryl methyl sites for hydroxylation is 1. The van der Waals surface area contributed by atoms with E-state index in [1.54, 1.807) is 17.7 Å². The maximum Gasteiger partial charge on any atom is 0.147 e. The van der Waals surface area contributed by atoms with E-state index in [1.165, 1.54) is 0 Å². The van der Waals surface area contributed by atoms with Crippen LogP contribution in [0.2, 0.25) is 0 Å².